The van der Waals surface area contributed by atoms with Gasteiger partial charge in [-0.15, -0.1) is 0 Å². The molecule has 3 aromatic carbocycles. The minimum Gasteiger partial charge on any atom is -0.493 e. The summed E-state index contributed by atoms with van der Waals surface area (Å²) in [5.41, 5.74) is 6.42. The van der Waals surface area contributed by atoms with Crippen molar-refractivity contribution < 1.29 is 37.8 Å². The Bertz CT molecular complexity index is 1670. The third kappa shape index (κ3) is 3.90. The number of cyclic esters (lactones) is 1. The Morgan fingerprint density at radius 1 is 0.881 bits per heavy atom. The Balaban J connectivity index is 1.43. The molecule has 3 aliphatic rings. The van der Waals surface area contributed by atoms with Crippen LogP contribution in [0.15, 0.2) is 61.2 Å². The zero-order valence-corrected chi connectivity index (χ0v) is 24.2. The summed E-state index contributed by atoms with van der Waals surface area (Å²) >= 11 is 0. The quantitative estimate of drug-likeness (QED) is 0.247. The molecule has 42 heavy (non-hydrogen) atoms. The van der Waals surface area contributed by atoms with E-state index in [9.17, 15) is 4.79 Å². The summed E-state index contributed by atoms with van der Waals surface area (Å²) in [6, 6.07) is 14.1. The fourth-order valence-corrected chi connectivity index (χ4v) is 7.08. The summed E-state index contributed by atoms with van der Waals surface area (Å²) < 4.78 is 38.8. The van der Waals surface area contributed by atoms with Gasteiger partial charge in [0.1, 0.15) is 24.1 Å². The van der Waals surface area contributed by atoms with Crippen molar-refractivity contribution in [3.05, 3.63) is 89.0 Å². The van der Waals surface area contributed by atoms with Crippen LogP contribution in [0.2, 0.25) is 0 Å². The average molecular weight is 570 g/mol. The van der Waals surface area contributed by atoms with E-state index in [0.717, 1.165) is 22.4 Å². The number of hydrogen-bond acceptors (Lipinski definition) is 7. The first-order chi connectivity index (χ1) is 20.4. The molecule has 216 valence electrons. The van der Waals surface area contributed by atoms with E-state index in [0.29, 0.717) is 35.4 Å². The number of imidazole rings is 1. The van der Waals surface area contributed by atoms with Gasteiger partial charge >= 0.3 is 5.97 Å². The number of aromatic nitrogens is 2. The number of carbonyl (C=O) groups excluding carboxylic acids is 1. The van der Waals surface area contributed by atoms with Crippen molar-refractivity contribution in [3.63, 3.8) is 0 Å². The van der Waals surface area contributed by atoms with Crippen molar-refractivity contribution in [1.29, 1.82) is 0 Å². The van der Waals surface area contributed by atoms with Crippen LogP contribution < -0.4 is 28.3 Å². The van der Waals surface area contributed by atoms with Crippen LogP contribution in [-0.4, -0.2) is 45.3 Å². The van der Waals surface area contributed by atoms with Gasteiger partial charge in [0, 0.05) is 11.5 Å². The van der Waals surface area contributed by atoms with Crippen molar-refractivity contribution in [3.8, 4) is 34.4 Å². The summed E-state index contributed by atoms with van der Waals surface area (Å²) in [5, 5.41) is 0. The van der Waals surface area contributed by atoms with Crippen LogP contribution in [0.4, 0.5) is 0 Å². The molecule has 0 amide bonds. The van der Waals surface area contributed by atoms with Gasteiger partial charge in [-0.1, -0.05) is 18.2 Å². The molecular formula is C33H33N2O7+. The van der Waals surface area contributed by atoms with Crippen LogP contribution in [0.3, 0.4) is 0 Å². The maximum atomic E-state index is 13.6. The van der Waals surface area contributed by atoms with Crippen LogP contribution in [0.1, 0.15) is 39.8 Å². The molecule has 1 fully saturated rings. The van der Waals surface area contributed by atoms with Crippen molar-refractivity contribution in [2.24, 2.45) is 11.8 Å². The second-order valence-corrected chi connectivity index (χ2v) is 11.0. The van der Waals surface area contributed by atoms with Gasteiger partial charge in [-0.2, -0.15) is 0 Å². The molecule has 0 saturated carbocycles. The van der Waals surface area contributed by atoms with Crippen LogP contribution in [0.5, 0.6) is 28.7 Å². The molecule has 9 nitrogen and oxygen atoms in total. The van der Waals surface area contributed by atoms with E-state index >= 15 is 0 Å². The van der Waals surface area contributed by atoms with Crippen molar-refractivity contribution >= 4 is 5.97 Å². The lowest BCUT2D eigenvalue weighted by Crippen LogP contribution is -2.49. The summed E-state index contributed by atoms with van der Waals surface area (Å²) in [7, 11) is 4.76. The minimum atomic E-state index is -0.443. The molecule has 1 saturated heterocycles. The van der Waals surface area contributed by atoms with Gasteiger partial charge < -0.3 is 28.4 Å². The SMILES string of the molecule is COc1cc([C@@H]2c3cc4c(cc3[C@@H]([n+]3ccn(-c5c(C)cccc5C)c3)[C@H]3COC(=O)[C@H]23)OCO4)cc(OC)c1OC. The van der Waals surface area contributed by atoms with Gasteiger partial charge in [0.2, 0.25) is 18.9 Å². The molecule has 0 spiro atoms. The van der Waals surface area contributed by atoms with Crippen LogP contribution in [0, 0.1) is 25.7 Å². The highest BCUT2D eigenvalue weighted by Gasteiger charge is 2.55. The maximum absolute atomic E-state index is 13.6. The van der Waals surface area contributed by atoms with Crippen molar-refractivity contribution in [1.82, 2.24) is 4.57 Å². The molecule has 0 N–H and O–H groups in total. The van der Waals surface area contributed by atoms with Crippen molar-refractivity contribution in [2.75, 3.05) is 34.7 Å². The van der Waals surface area contributed by atoms with Gasteiger partial charge in [0.25, 0.3) is 0 Å². The first-order valence-corrected chi connectivity index (χ1v) is 14.0. The fraction of sp³-hybridized carbons (Fsp3) is 0.333. The van der Waals surface area contributed by atoms with Crippen molar-refractivity contribution in [2.45, 2.75) is 25.8 Å². The summed E-state index contributed by atoms with van der Waals surface area (Å²) in [5.74, 6) is 1.78. The molecule has 4 aromatic rings. The second-order valence-electron chi connectivity index (χ2n) is 11.0. The molecule has 1 aliphatic carbocycles. The van der Waals surface area contributed by atoms with E-state index in [-0.39, 0.29) is 30.6 Å². The van der Waals surface area contributed by atoms with E-state index in [1.54, 1.807) is 21.3 Å². The summed E-state index contributed by atoms with van der Waals surface area (Å²) in [4.78, 5) is 13.6. The molecule has 0 bridgehead atoms. The number of rotatable bonds is 6. The normalized spacial score (nSPS) is 21.9. The average Bonchev–Trinajstić information content (AvgIpc) is 3.74. The van der Waals surface area contributed by atoms with Gasteiger partial charge in [-0.05, 0) is 60.4 Å². The highest BCUT2D eigenvalue weighted by molar-refractivity contribution is 5.79. The number of esters is 1. The topological polar surface area (TPSA) is 81.3 Å². The number of carbonyl (C=O) groups is 1. The molecule has 1 aromatic heterocycles. The zero-order chi connectivity index (χ0) is 29.1. The lowest BCUT2D eigenvalue weighted by molar-refractivity contribution is -0.721. The predicted octanol–water partition coefficient (Wildman–Crippen LogP) is 4.66. The predicted molar refractivity (Wildman–Crippen MR) is 152 cm³/mol. The van der Waals surface area contributed by atoms with Gasteiger partial charge in [0.15, 0.2) is 23.0 Å². The first-order valence-electron chi connectivity index (χ1n) is 14.0. The molecular weight excluding hydrogens is 536 g/mol. The van der Waals surface area contributed by atoms with E-state index in [4.69, 9.17) is 28.4 Å². The number of aryl methyl sites for hydroxylation is 2. The maximum Gasteiger partial charge on any atom is 0.310 e. The number of hydrogen-bond donors (Lipinski definition) is 0. The monoisotopic (exact) mass is 569 g/mol. The molecule has 0 radical (unpaired) electrons. The molecule has 3 heterocycles. The second kappa shape index (κ2) is 10.0. The number of ether oxygens (including phenoxy) is 6. The van der Waals surface area contributed by atoms with Gasteiger partial charge in [0.05, 0.1) is 39.8 Å². The first kappa shape index (κ1) is 26.3. The lowest BCUT2D eigenvalue weighted by atomic mass is 9.65. The van der Waals surface area contributed by atoms with Crippen LogP contribution in [0.25, 0.3) is 5.69 Å². The van der Waals surface area contributed by atoms with E-state index in [1.807, 2.05) is 18.2 Å². The van der Waals surface area contributed by atoms with Gasteiger partial charge in [-0.3, -0.25) is 4.79 Å². The third-order valence-electron chi connectivity index (χ3n) is 8.87. The Morgan fingerprint density at radius 2 is 1.55 bits per heavy atom. The van der Waals surface area contributed by atoms with Gasteiger partial charge in [-0.25, -0.2) is 9.13 Å². The van der Waals surface area contributed by atoms with E-state index < -0.39 is 5.92 Å². The number of methoxy groups -OCH3 is 3. The zero-order valence-electron chi connectivity index (χ0n) is 24.2. The standard InChI is InChI=1S/C33H33N2O7/c1-18-7-6-8-19(2)30(18)34-9-10-35(16-34)31-22-14-25-24(41-17-42-25)13-21(22)28(29-23(31)15-40-33(29)36)20-11-26(37-3)32(39-5)27(12-20)38-4/h6-14,16,23,28-29,31H,15,17H2,1-5H3/q+1/t23-,28+,29-,31+/m0/s1. The highest BCUT2D eigenvalue weighted by atomic mass is 16.7. The molecule has 4 atom stereocenters. The Hall–Kier alpha value is -4.66. The fourth-order valence-electron chi connectivity index (χ4n) is 7.08. The number of para-hydroxylation sites is 1. The molecule has 9 heteroatoms. The molecule has 2 aliphatic heterocycles. The third-order valence-corrected chi connectivity index (χ3v) is 8.87. The smallest absolute Gasteiger partial charge is 0.310 e. The Labute approximate surface area is 244 Å². The number of benzene rings is 3. The number of nitrogens with zero attached hydrogens (tertiary/aromatic N) is 2. The van der Waals surface area contributed by atoms with Crippen LogP contribution in [-0.2, 0) is 9.53 Å². The largest absolute Gasteiger partial charge is 0.493 e. The Morgan fingerprint density at radius 3 is 2.19 bits per heavy atom. The lowest BCUT2D eigenvalue weighted by Gasteiger charge is -2.37. The summed E-state index contributed by atoms with van der Waals surface area (Å²) in [6.07, 6.45) is 6.25. The van der Waals surface area contributed by atoms with E-state index in [2.05, 4.69) is 66.0 Å². The van der Waals surface area contributed by atoms with Crippen LogP contribution >= 0.6 is 0 Å². The minimum absolute atomic E-state index is 0.131. The molecule has 7 rings (SSSR count). The summed E-state index contributed by atoms with van der Waals surface area (Å²) in [6.45, 7) is 4.70. The highest BCUT2D eigenvalue weighted by Crippen LogP contribution is 2.55. The molecule has 0 unspecified atom stereocenters. The number of fused-ring (bicyclic) bond motifs is 3. The Kier molecular flexibility index (Phi) is 6.26. The van der Waals surface area contributed by atoms with E-state index in [1.165, 1.54) is 11.1 Å².